The van der Waals surface area contributed by atoms with Gasteiger partial charge in [0.2, 0.25) is 0 Å². The lowest BCUT2D eigenvalue weighted by Gasteiger charge is -2.26. The van der Waals surface area contributed by atoms with Crippen LogP contribution in [0.15, 0.2) is 0 Å². The van der Waals surface area contributed by atoms with Crippen molar-refractivity contribution in [1.29, 1.82) is 0 Å². The SMILES string of the molecule is CCCCCCCCN(CCCCCCCC)P(=O)(O)OCCC. The van der Waals surface area contributed by atoms with Crippen molar-refractivity contribution in [1.82, 2.24) is 4.67 Å². The van der Waals surface area contributed by atoms with Gasteiger partial charge in [0.1, 0.15) is 0 Å². The van der Waals surface area contributed by atoms with Crippen molar-refractivity contribution in [2.45, 2.75) is 104 Å². The van der Waals surface area contributed by atoms with Crippen molar-refractivity contribution in [2.24, 2.45) is 0 Å². The van der Waals surface area contributed by atoms with E-state index in [1.165, 1.54) is 51.4 Å². The van der Waals surface area contributed by atoms with Crippen molar-refractivity contribution >= 4 is 7.75 Å². The Kier molecular flexibility index (Phi) is 16.6. The Balaban J connectivity index is 4.16. The molecule has 0 aromatic rings. The molecule has 0 aliphatic rings. The summed E-state index contributed by atoms with van der Waals surface area (Å²) in [6.07, 6.45) is 15.1. The van der Waals surface area contributed by atoms with Gasteiger partial charge in [0.05, 0.1) is 6.61 Å². The molecule has 0 spiro atoms. The molecule has 0 saturated heterocycles. The van der Waals surface area contributed by atoms with E-state index >= 15 is 0 Å². The Bertz CT molecular complexity index is 297. The van der Waals surface area contributed by atoms with Crippen LogP contribution in [0.3, 0.4) is 0 Å². The maximum Gasteiger partial charge on any atom is 0.405 e. The second-order valence-electron chi connectivity index (χ2n) is 6.81. The van der Waals surface area contributed by atoms with Gasteiger partial charge in [0, 0.05) is 13.1 Å². The molecule has 146 valence electrons. The molecule has 0 bridgehead atoms. The molecule has 4 nitrogen and oxygen atoms in total. The first-order valence-electron chi connectivity index (χ1n) is 10.3. The molecule has 0 saturated carbocycles. The van der Waals surface area contributed by atoms with Crippen molar-refractivity contribution < 1.29 is 14.0 Å². The molecule has 5 heteroatoms. The zero-order valence-electron chi connectivity index (χ0n) is 16.5. The predicted molar refractivity (Wildman–Crippen MR) is 104 cm³/mol. The lowest BCUT2D eigenvalue weighted by molar-refractivity contribution is 0.197. The summed E-state index contributed by atoms with van der Waals surface area (Å²) in [4.78, 5) is 10.2. The van der Waals surface area contributed by atoms with E-state index in [4.69, 9.17) is 4.52 Å². The van der Waals surface area contributed by atoms with Gasteiger partial charge in [0.15, 0.2) is 0 Å². The minimum absolute atomic E-state index is 0.358. The summed E-state index contributed by atoms with van der Waals surface area (Å²) in [5.41, 5.74) is 0. The van der Waals surface area contributed by atoms with Crippen LogP contribution in [0.2, 0.25) is 0 Å². The second kappa shape index (κ2) is 16.6. The molecule has 1 unspecified atom stereocenters. The highest BCUT2D eigenvalue weighted by molar-refractivity contribution is 7.50. The second-order valence-corrected chi connectivity index (χ2v) is 8.62. The van der Waals surface area contributed by atoms with Crippen molar-refractivity contribution in [3.63, 3.8) is 0 Å². The molecule has 1 N–H and O–H groups in total. The third-order valence-corrected chi connectivity index (χ3v) is 5.99. The van der Waals surface area contributed by atoms with Gasteiger partial charge >= 0.3 is 7.75 Å². The highest BCUT2D eigenvalue weighted by Gasteiger charge is 2.28. The highest BCUT2D eigenvalue weighted by Crippen LogP contribution is 2.46. The van der Waals surface area contributed by atoms with Crippen LogP contribution in [0.25, 0.3) is 0 Å². The van der Waals surface area contributed by atoms with Crippen LogP contribution in [0.5, 0.6) is 0 Å². The largest absolute Gasteiger partial charge is 0.405 e. The van der Waals surface area contributed by atoms with E-state index in [0.29, 0.717) is 19.7 Å². The Morgan fingerprint density at radius 2 is 1.12 bits per heavy atom. The first-order valence-corrected chi connectivity index (χ1v) is 11.8. The Morgan fingerprint density at radius 1 is 0.708 bits per heavy atom. The minimum Gasteiger partial charge on any atom is -0.312 e. The third kappa shape index (κ3) is 13.4. The van der Waals surface area contributed by atoms with Crippen LogP contribution in [0.1, 0.15) is 104 Å². The van der Waals surface area contributed by atoms with Crippen LogP contribution in [-0.4, -0.2) is 29.3 Å². The van der Waals surface area contributed by atoms with Gasteiger partial charge < -0.3 is 4.89 Å². The van der Waals surface area contributed by atoms with Gasteiger partial charge in [-0.05, 0) is 19.3 Å². The van der Waals surface area contributed by atoms with E-state index in [1.807, 2.05) is 6.92 Å². The molecule has 0 rings (SSSR count). The number of hydrogen-bond acceptors (Lipinski definition) is 2. The molecule has 0 fully saturated rings. The van der Waals surface area contributed by atoms with Crippen molar-refractivity contribution in [2.75, 3.05) is 19.7 Å². The molecule has 0 amide bonds. The normalized spacial score (nSPS) is 14.2. The first-order chi connectivity index (χ1) is 11.6. The summed E-state index contributed by atoms with van der Waals surface area (Å²) in [7, 11) is -3.61. The zero-order chi connectivity index (χ0) is 18.1. The van der Waals surface area contributed by atoms with Gasteiger partial charge in [-0.3, -0.25) is 4.52 Å². The Labute approximate surface area is 150 Å². The maximum atomic E-state index is 12.5. The summed E-state index contributed by atoms with van der Waals surface area (Å²) in [5, 5.41) is 0. The van der Waals surface area contributed by atoms with E-state index in [0.717, 1.165) is 32.1 Å². The number of hydrogen-bond donors (Lipinski definition) is 1. The van der Waals surface area contributed by atoms with Crippen LogP contribution >= 0.6 is 7.75 Å². The van der Waals surface area contributed by atoms with E-state index < -0.39 is 7.75 Å². The molecule has 0 aromatic carbocycles. The standard InChI is InChI=1S/C19H42NO3P/c1-4-7-9-11-13-15-17-20(24(21,22)23-19-6-3)18-16-14-12-10-8-5-2/h4-19H2,1-3H3,(H,21,22). The van der Waals surface area contributed by atoms with Gasteiger partial charge in [0.25, 0.3) is 0 Å². The van der Waals surface area contributed by atoms with Crippen LogP contribution < -0.4 is 0 Å². The van der Waals surface area contributed by atoms with E-state index in [2.05, 4.69) is 13.8 Å². The lowest BCUT2D eigenvalue weighted by Crippen LogP contribution is -2.24. The molecular weight excluding hydrogens is 321 g/mol. The van der Waals surface area contributed by atoms with Gasteiger partial charge in [-0.2, -0.15) is 0 Å². The molecule has 0 heterocycles. The maximum absolute atomic E-state index is 12.5. The highest BCUT2D eigenvalue weighted by atomic mass is 31.2. The molecule has 1 atom stereocenters. The molecule has 0 aliphatic heterocycles. The number of unbranched alkanes of at least 4 members (excludes halogenated alkanes) is 10. The van der Waals surface area contributed by atoms with Crippen LogP contribution in [0, 0.1) is 0 Å². The minimum atomic E-state index is -3.61. The fourth-order valence-corrected chi connectivity index (χ4v) is 4.18. The summed E-state index contributed by atoms with van der Waals surface area (Å²) in [5.74, 6) is 0. The summed E-state index contributed by atoms with van der Waals surface area (Å²) >= 11 is 0. The van der Waals surface area contributed by atoms with Crippen LogP contribution in [0.4, 0.5) is 0 Å². The fourth-order valence-electron chi connectivity index (χ4n) is 2.81. The molecule has 24 heavy (non-hydrogen) atoms. The summed E-state index contributed by atoms with van der Waals surface area (Å²) < 4.78 is 19.4. The van der Waals surface area contributed by atoms with Crippen molar-refractivity contribution in [3.8, 4) is 0 Å². The van der Waals surface area contributed by atoms with Crippen molar-refractivity contribution in [3.05, 3.63) is 0 Å². The van der Waals surface area contributed by atoms with Crippen LogP contribution in [-0.2, 0) is 9.09 Å². The van der Waals surface area contributed by atoms with Gasteiger partial charge in [-0.1, -0.05) is 85.0 Å². The zero-order valence-corrected chi connectivity index (χ0v) is 17.4. The molecule has 0 aliphatic carbocycles. The average molecular weight is 364 g/mol. The van der Waals surface area contributed by atoms with E-state index in [9.17, 15) is 9.46 Å². The van der Waals surface area contributed by atoms with Gasteiger partial charge in [-0.15, -0.1) is 0 Å². The van der Waals surface area contributed by atoms with E-state index in [-0.39, 0.29) is 0 Å². The Hall–Kier alpha value is 0.110. The quantitative estimate of drug-likeness (QED) is 0.222. The molecular formula is C19H42NO3P. The smallest absolute Gasteiger partial charge is 0.312 e. The fraction of sp³-hybridized carbons (Fsp3) is 1.00. The Morgan fingerprint density at radius 3 is 1.54 bits per heavy atom. The third-order valence-electron chi connectivity index (χ3n) is 4.36. The molecule has 0 aromatic heterocycles. The lowest BCUT2D eigenvalue weighted by atomic mass is 10.1. The van der Waals surface area contributed by atoms with E-state index in [1.54, 1.807) is 4.67 Å². The average Bonchev–Trinajstić information content (AvgIpc) is 2.57. The number of nitrogens with zero attached hydrogens (tertiary/aromatic N) is 1. The molecule has 0 radical (unpaired) electrons. The topological polar surface area (TPSA) is 49.8 Å². The predicted octanol–water partition coefficient (Wildman–Crippen LogP) is 6.54. The summed E-state index contributed by atoms with van der Waals surface area (Å²) in [6, 6.07) is 0. The monoisotopic (exact) mass is 363 g/mol. The number of rotatable bonds is 18. The van der Waals surface area contributed by atoms with Gasteiger partial charge in [-0.25, -0.2) is 9.24 Å². The first kappa shape index (κ1) is 24.1. The summed E-state index contributed by atoms with van der Waals surface area (Å²) in [6.45, 7) is 8.12.